The molecule has 1 aromatic carbocycles. The zero-order valence-electron chi connectivity index (χ0n) is 9.82. The molecule has 0 aliphatic carbocycles. The maximum Gasteiger partial charge on any atom is 0.122 e. The second-order valence-electron chi connectivity index (χ2n) is 4.08. The van der Waals surface area contributed by atoms with Crippen molar-refractivity contribution in [3.05, 3.63) is 36.0 Å². The molecule has 0 fully saturated rings. The fourth-order valence-corrected chi connectivity index (χ4v) is 1.77. The number of nitrogens with one attached hydrogen (secondary N) is 1. The van der Waals surface area contributed by atoms with Crippen LogP contribution in [0.5, 0.6) is 5.75 Å². The maximum absolute atomic E-state index is 5.35. The van der Waals surface area contributed by atoms with Gasteiger partial charge in [0.1, 0.15) is 5.75 Å². The minimum absolute atomic E-state index is 0.442. The molecule has 0 amide bonds. The lowest BCUT2D eigenvalue weighted by atomic mass is 9.98. The van der Waals surface area contributed by atoms with Gasteiger partial charge in [-0.15, -0.1) is 0 Å². The van der Waals surface area contributed by atoms with Crippen molar-refractivity contribution in [2.45, 2.75) is 19.8 Å². The lowest BCUT2D eigenvalue weighted by molar-refractivity contribution is 0.407. The van der Waals surface area contributed by atoms with Crippen LogP contribution in [0.3, 0.4) is 0 Å². The summed E-state index contributed by atoms with van der Waals surface area (Å²) in [4.78, 5) is 0. The topological polar surface area (TPSA) is 37.9 Å². The van der Waals surface area contributed by atoms with E-state index < -0.39 is 0 Å². The van der Waals surface area contributed by atoms with Crippen molar-refractivity contribution in [3.63, 3.8) is 0 Å². The molecule has 1 aromatic heterocycles. The molecule has 3 nitrogen and oxygen atoms in total. The molecule has 0 aliphatic rings. The quantitative estimate of drug-likeness (QED) is 0.855. The third-order valence-electron chi connectivity index (χ3n) is 2.66. The molecule has 0 spiro atoms. The second kappa shape index (κ2) is 4.39. The van der Waals surface area contributed by atoms with Crippen molar-refractivity contribution in [2.75, 3.05) is 7.11 Å². The summed E-state index contributed by atoms with van der Waals surface area (Å²) in [6.45, 7) is 4.32. The monoisotopic (exact) mass is 216 g/mol. The van der Waals surface area contributed by atoms with Crippen LogP contribution in [-0.4, -0.2) is 17.3 Å². The lowest BCUT2D eigenvalue weighted by Crippen LogP contribution is -1.94. The summed E-state index contributed by atoms with van der Waals surface area (Å²) >= 11 is 0. The van der Waals surface area contributed by atoms with E-state index >= 15 is 0 Å². The van der Waals surface area contributed by atoms with Gasteiger partial charge < -0.3 is 4.74 Å². The number of methoxy groups -OCH3 is 1. The molecule has 1 heterocycles. The smallest absolute Gasteiger partial charge is 0.122 e. The van der Waals surface area contributed by atoms with Gasteiger partial charge in [-0.2, -0.15) is 5.10 Å². The van der Waals surface area contributed by atoms with E-state index in [9.17, 15) is 0 Å². The summed E-state index contributed by atoms with van der Waals surface area (Å²) in [5.74, 6) is 1.39. The van der Waals surface area contributed by atoms with E-state index in [2.05, 4.69) is 30.1 Å². The summed E-state index contributed by atoms with van der Waals surface area (Å²) < 4.78 is 5.35. The van der Waals surface area contributed by atoms with E-state index in [4.69, 9.17) is 4.74 Å². The average Bonchev–Trinajstić information content (AvgIpc) is 2.81. The van der Waals surface area contributed by atoms with Crippen molar-refractivity contribution in [2.24, 2.45) is 0 Å². The molecular formula is C13H16N2O. The molecule has 1 N–H and O–H groups in total. The van der Waals surface area contributed by atoms with E-state index in [1.807, 2.05) is 18.2 Å². The van der Waals surface area contributed by atoms with Crippen LogP contribution < -0.4 is 4.74 Å². The van der Waals surface area contributed by atoms with Crippen molar-refractivity contribution >= 4 is 0 Å². The highest BCUT2D eigenvalue weighted by Crippen LogP contribution is 2.30. The van der Waals surface area contributed by atoms with Crippen molar-refractivity contribution in [3.8, 4) is 17.0 Å². The molecule has 16 heavy (non-hydrogen) atoms. The minimum Gasteiger partial charge on any atom is -0.496 e. The highest BCUT2D eigenvalue weighted by molar-refractivity contribution is 5.62. The normalized spacial score (nSPS) is 10.8. The Hall–Kier alpha value is -1.77. The largest absolute Gasteiger partial charge is 0.496 e. The summed E-state index contributed by atoms with van der Waals surface area (Å²) in [6, 6.07) is 8.16. The Morgan fingerprint density at radius 3 is 2.62 bits per heavy atom. The van der Waals surface area contributed by atoms with Gasteiger partial charge in [0.2, 0.25) is 0 Å². The van der Waals surface area contributed by atoms with E-state index in [-0.39, 0.29) is 0 Å². The molecule has 0 radical (unpaired) electrons. The molecule has 0 bridgehead atoms. The summed E-state index contributed by atoms with van der Waals surface area (Å²) in [7, 11) is 1.71. The molecule has 0 unspecified atom stereocenters. The Kier molecular flexibility index (Phi) is 2.95. The van der Waals surface area contributed by atoms with Crippen molar-refractivity contribution in [1.82, 2.24) is 10.2 Å². The molecular weight excluding hydrogens is 200 g/mol. The van der Waals surface area contributed by atoms with Crippen LogP contribution in [0.1, 0.15) is 25.3 Å². The minimum atomic E-state index is 0.442. The molecule has 2 aromatic rings. The molecule has 2 rings (SSSR count). The third-order valence-corrected chi connectivity index (χ3v) is 2.66. The lowest BCUT2D eigenvalue weighted by Gasteiger charge is -2.12. The van der Waals surface area contributed by atoms with Crippen LogP contribution in [0, 0.1) is 0 Å². The SMILES string of the molecule is COc1ccc(-c2ccn[nH]2)cc1C(C)C. The van der Waals surface area contributed by atoms with E-state index in [0.29, 0.717) is 5.92 Å². The van der Waals surface area contributed by atoms with Crippen molar-refractivity contribution in [1.29, 1.82) is 0 Å². The predicted molar refractivity (Wildman–Crippen MR) is 64.7 cm³/mol. The van der Waals surface area contributed by atoms with Gasteiger partial charge in [-0.05, 0) is 35.7 Å². The Bertz CT molecular complexity index is 461. The van der Waals surface area contributed by atoms with Gasteiger partial charge in [0.05, 0.1) is 12.8 Å². The summed E-state index contributed by atoms with van der Waals surface area (Å²) in [6.07, 6.45) is 1.76. The second-order valence-corrected chi connectivity index (χ2v) is 4.08. The molecule has 0 aliphatic heterocycles. The summed E-state index contributed by atoms with van der Waals surface area (Å²) in [5, 5.41) is 6.93. The number of aromatic nitrogens is 2. The maximum atomic E-state index is 5.35. The highest BCUT2D eigenvalue weighted by Gasteiger charge is 2.09. The van der Waals surface area contributed by atoms with Gasteiger partial charge in [-0.25, -0.2) is 0 Å². The number of rotatable bonds is 3. The summed E-state index contributed by atoms with van der Waals surface area (Å²) in [5.41, 5.74) is 3.39. The third kappa shape index (κ3) is 1.94. The fraction of sp³-hybridized carbons (Fsp3) is 0.308. The van der Waals surface area contributed by atoms with Gasteiger partial charge in [-0.3, -0.25) is 5.10 Å². The molecule has 84 valence electrons. The van der Waals surface area contributed by atoms with Crippen LogP contribution in [0.25, 0.3) is 11.3 Å². The predicted octanol–water partition coefficient (Wildman–Crippen LogP) is 3.21. The first-order chi connectivity index (χ1) is 7.72. The van der Waals surface area contributed by atoms with Crippen LogP contribution in [-0.2, 0) is 0 Å². The van der Waals surface area contributed by atoms with Gasteiger partial charge in [0.25, 0.3) is 0 Å². The molecule has 0 saturated carbocycles. The van der Waals surface area contributed by atoms with Crippen molar-refractivity contribution < 1.29 is 4.74 Å². The highest BCUT2D eigenvalue weighted by atomic mass is 16.5. The van der Waals surface area contributed by atoms with Crippen LogP contribution >= 0.6 is 0 Å². The van der Waals surface area contributed by atoms with Gasteiger partial charge in [-0.1, -0.05) is 13.8 Å². The Labute approximate surface area is 95.5 Å². The number of benzene rings is 1. The van der Waals surface area contributed by atoms with Crippen LogP contribution in [0.4, 0.5) is 0 Å². The van der Waals surface area contributed by atoms with E-state index in [0.717, 1.165) is 17.0 Å². The Morgan fingerprint density at radius 2 is 2.06 bits per heavy atom. The van der Waals surface area contributed by atoms with Gasteiger partial charge >= 0.3 is 0 Å². The molecule has 0 atom stereocenters. The van der Waals surface area contributed by atoms with Gasteiger partial charge in [0.15, 0.2) is 0 Å². The van der Waals surface area contributed by atoms with Crippen LogP contribution in [0.2, 0.25) is 0 Å². The Balaban J connectivity index is 2.47. The zero-order chi connectivity index (χ0) is 11.5. The number of aromatic amines is 1. The number of hydrogen-bond donors (Lipinski definition) is 1. The van der Waals surface area contributed by atoms with Crippen LogP contribution in [0.15, 0.2) is 30.5 Å². The number of nitrogens with zero attached hydrogens (tertiary/aromatic N) is 1. The molecule has 3 heteroatoms. The Morgan fingerprint density at radius 1 is 1.25 bits per heavy atom. The fourth-order valence-electron chi connectivity index (χ4n) is 1.77. The average molecular weight is 216 g/mol. The first-order valence-corrected chi connectivity index (χ1v) is 5.40. The van der Waals surface area contributed by atoms with E-state index in [1.165, 1.54) is 5.56 Å². The standard InChI is InChI=1S/C13H16N2O/c1-9(2)11-8-10(4-5-13(11)16-3)12-6-7-14-15-12/h4-9H,1-3H3,(H,14,15). The number of ether oxygens (including phenoxy) is 1. The van der Waals surface area contributed by atoms with Gasteiger partial charge in [0, 0.05) is 11.8 Å². The first kappa shape index (κ1) is 10.7. The number of hydrogen-bond acceptors (Lipinski definition) is 2. The van der Waals surface area contributed by atoms with E-state index in [1.54, 1.807) is 13.3 Å². The number of H-pyrrole nitrogens is 1. The first-order valence-electron chi connectivity index (χ1n) is 5.40. The zero-order valence-corrected chi connectivity index (χ0v) is 9.82. The molecule has 0 saturated heterocycles.